The van der Waals surface area contributed by atoms with Crippen LogP contribution in [0, 0.1) is 5.92 Å². The summed E-state index contributed by atoms with van der Waals surface area (Å²) < 4.78 is 6.95. The van der Waals surface area contributed by atoms with Gasteiger partial charge in [-0.25, -0.2) is 0 Å². The lowest BCUT2D eigenvalue weighted by atomic mass is 10.2. The molecule has 1 unspecified atom stereocenters. The zero-order valence-corrected chi connectivity index (χ0v) is 14.4. The molecule has 1 aliphatic heterocycles. The normalized spacial score (nSPS) is 26.2. The van der Waals surface area contributed by atoms with Crippen LogP contribution in [0.4, 0.5) is 5.13 Å². The van der Waals surface area contributed by atoms with E-state index in [1.165, 1.54) is 19.4 Å². The van der Waals surface area contributed by atoms with Crippen LogP contribution in [0.1, 0.15) is 26.7 Å². The van der Waals surface area contributed by atoms with E-state index in [0.29, 0.717) is 12.1 Å². The molecule has 5 nitrogen and oxygen atoms in total. The number of hydrogen-bond donors (Lipinski definition) is 2. The Bertz CT molecular complexity index is 450. The number of hydrogen-bond acceptors (Lipinski definition) is 6. The second-order valence-corrected chi connectivity index (χ2v) is 8.64. The molecule has 1 aromatic heterocycles. The maximum absolute atomic E-state index is 5.89. The largest absolute Gasteiger partial charge is 0.366 e. The number of rotatable bonds is 7. The van der Waals surface area contributed by atoms with Crippen LogP contribution in [0.5, 0.6) is 0 Å². The van der Waals surface area contributed by atoms with Crippen molar-refractivity contribution < 1.29 is 9.64 Å². The van der Waals surface area contributed by atoms with Gasteiger partial charge in [0, 0.05) is 17.7 Å². The Hall–Kier alpha value is -0.370. The van der Waals surface area contributed by atoms with Crippen LogP contribution in [-0.2, 0) is 4.74 Å². The summed E-state index contributed by atoms with van der Waals surface area (Å²) in [6.07, 6.45) is 2.89. The van der Waals surface area contributed by atoms with Gasteiger partial charge in [0.15, 0.2) is 4.34 Å². The molecule has 0 spiro atoms. The Balaban J connectivity index is 1.42. The van der Waals surface area contributed by atoms with Crippen molar-refractivity contribution in [3.8, 4) is 0 Å². The lowest BCUT2D eigenvalue weighted by Gasteiger charge is -2.30. The Kier molecular flexibility index (Phi) is 5.37. The maximum atomic E-state index is 5.89. The van der Waals surface area contributed by atoms with Crippen LogP contribution in [0.25, 0.3) is 0 Å². The molecule has 1 saturated heterocycles. The first-order valence-electron chi connectivity index (χ1n) is 7.87. The third-order valence-corrected chi connectivity index (χ3v) is 5.85. The van der Waals surface area contributed by atoms with Gasteiger partial charge in [0.25, 0.3) is 0 Å². The average Bonchev–Trinajstić information content (AvgIpc) is 3.13. The summed E-state index contributed by atoms with van der Waals surface area (Å²) in [7, 11) is 0. The quantitative estimate of drug-likeness (QED) is 0.735. The molecule has 2 aliphatic rings. The van der Waals surface area contributed by atoms with E-state index in [4.69, 9.17) is 4.74 Å². The number of ether oxygens (including phenoxy) is 1. The molecule has 0 amide bonds. The predicted octanol–water partition coefficient (Wildman–Crippen LogP) is 1.14. The van der Waals surface area contributed by atoms with Crippen molar-refractivity contribution in [2.24, 2.45) is 5.92 Å². The van der Waals surface area contributed by atoms with Gasteiger partial charge in [-0.3, -0.25) is 0 Å². The Morgan fingerprint density at radius 2 is 2.29 bits per heavy atom. The maximum Gasteiger partial charge on any atom is 0.206 e. The number of anilines is 1. The van der Waals surface area contributed by atoms with Crippen molar-refractivity contribution >= 4 is 28.2 Å². The van der Waals surface area contributed by atoms with Crippen LogP contribution in [0.3, 0.4) is 0 Å². The first-order valence-corrected chi connectivity index (χ1v) is 9.67. The van der Waals surface area contributed by atoms with Crippen molar-refractivity contribution in [3.63, 3.8) is 0 Å². The molecule has 2 fully saturated rings. The SMILES string of the molecule is CC(C)C[NH+]1CCO[C@@H](CSc2nnc(NC3CC3)s2)C1. The molecule has 1 aromatic rings. The monoisotopic (exact) mass is 329 g/mol. The molecule has 0 aromatic carbocycles. The van der Waals surface area contributed by atoms with E-state index >= 15 is 0 Å². The molecule has 7 heteroatoms. The van der Waals surface area contributed by atoms with Gasteiger partial charge in [-0.15, -0.1) is 10.2 Å². The fourth-order valence-electron chi connectivity index (χ4n) is 2.62. The highest BCUT2D eigenvalue weighted by Gasteiger charge is 2.25. The van der Waals surface area contributed by atoms with Crippen LogP contribution in [0.15, 0.2) is 4.34 Å². The molecule has 1 saturated carbocycles. The summed E-state index contributed by atoms with van der Waals surface area (Å²) in [5.41, 5.74) is 0. The average molecular weight is 330 g/mol. The zero-order valence-electron chi connectivity index (χ0n) is 12.8. The second-order valence-electron chi connectivity index (χ2n) is 6.40. The van der Waals surface area contributed by atoms with Gasteiger partial charge in [-0.05, 0) is 12.8 Å². The Morgan fingerprint density at radius 3 is 3.05 bits per heavy atom. The highest BCUT2D eigenvalue weighted by Crippen LogP contribution is 2.30. The van der Waals surface area contributed by atoms with Gasteiger partial charge in [0.05, 0.1) is 13.2 Å². The molecule has 2 heterocycles. The summed E-state index contributed by atoms with van der Waals surface area (Å²) in [5.74, 6) is 1.74. The first kappa shape index (κ1) is 15.5. The van der Waals surface area contributed by atoms with Crippen LogP contribution >= 0.6 is 23.1 Å². The van der Waals surface area contributed by atoms with Crippen molar-refractivity contribution in [2.45, 2.75) is 43.2 Å². The summed E-state index contributed by atoms with van der Waals surface area (Å²) in [5, 5.41) is 12.8. The molecule has 2 N–H and O–H groups in total. The number of nitrogens with zero attached hydrogens (tertiary/aromatic N) is 2. The highest BCUT2D eigenvalue weighted by molar-refractivity contribution is 8.01. The second kappa shape index (κ2) is 7.26. The van der Waals surface area contributed by atoms with Gasteiger partial charge in [-0.1, -0.05) is 36.9 Å². The van der Waals surface area contributed by atoms with Crippen LogP contribution in [0.2, 0.25) is 0 Å². The van der Waals surface area contributed by atoms with Crippen LogP contribution in [-0.4, -0.2) is 54.3 Å². The zero-order chi connectivity index (χ0) is 14.7. The molecule has 21 heavy (non-hydrogen) atoms. The Morgan fingerprint density at radius 1 is 1.43 bits per heavy atom. The fourth-order valence-corrected chi connectivity index (χ4v) is 4.49. The predicted molar refractivity (Wildman–Crippen MR) is 87.4 cm³/mol. The molecular formula is C14H25N4OS2+. The van der Waals surface area contributed by atoms with E-state index in [2.05, 4.69) is 29.4 Å². The van der Waals surface area contributed by atoms with Gasteiger partial charge in [-0.2, -0.15) is 0 Å². The summed E-state index contributed by atoms with van der Waals surface area (Å²) in [6, 6.07) is 0.644. The van der Waals surface area contributed by atoms with Gasteiger partial charge < -0.3 is 15.0 Å². The van der Waals surface area contributed by atoms with Gasteiger partial charge in [0.2, 0.25) is 5.13 Å². The van der Waals surface area contributed by atoms with Crippen LogP contribution < -0.4 is 10.2 Å². The fraction of sp³-hybridized carbons (Fsp3) is 0.857. The van der Waals surface area contributed by atoms with E-state index in [9.17, 15) is 0 Å². The minimum absolute atomic E-state index is 0.348. The molecular weight excluding hydrogens is 304 g/mol. The van der Waals surface area contributed by atoms with E-state index < -0.39 is 0 Å². The van der Waals surface area contributed by atoms with Crippen molar-refractivity contribution in [1.82, 2.24) is 10.2 Å². The van der Waals surface area contributed by atoms with Gasteiger partial charge in [0.1, 0.15) is 19.2 Å². The lowest BCUT2D eigenvalue weighted by molar-refractivity contribution is -0.914. The number of thioether (sulfide) groups is 1. The third-order valence-electron chi connectivity index (χ3n) is 3.73. The number of quaternary nitrogens is 1. The minimum atomic E-state index is 0.348. The number of aromatic nitrogens is 2. The molecule has 2 atom stereocenters. The first-order chi connectivity index (χ1) is 10.2. The topological polar surface area (TPSA) is 51.5 Å². The smallest absolute Gasteiger partial charge is 0.206 e. The minimum Gasteiger partial charge on any atom is -0.366 e. The van der Waals surface area contributed by atoms with E-state index in [-0.39, 0.29) is 0 Å². The summed E-state index contributed by atoms with van der Waals surface area (Å²) >= 11 is 3.45. The molecule has 3 rings (SSSR count). The summed E-state index contributed by atoms with van der Waals surface area (Å²) in [6.45, 7) is 8.99. The standard InChI is InChI=1S/C14H24N4OS2/c1-10(2)7-18-5-6-19-12(8-18)9-20-14-17-16-13(21-14)15-11-3-4-11/h10-12H,3-9H2,1-2H3,(H,15,16)/p+1/t12-/m1/s1. The van der Waals surface area contributed by atoms with Crippen molar-refractivity contribution in [1.29, 1.82) is 0 Å². The molecule has 1 aliphatic carbocycles. The molecule has 0 bridgehead atoms. The lowest BCUT2D eigenvalue weighted by Crippen LogP contribution is -3.15. The Labute approximate surface area is 134 Å². The van der Waals surface area contributed by atoms with E-state index in [1.54, 1.807) is 28.0 Å². The van der Waals surface area contributed by atoms with Gasteiger partial charge >= 0.3 is 0 Å². The third kappa shape index (κ3) is 5.09. The van der Waals surface area contributed by atoms with Crippen molar-refractivity contribution in [2.75, 3.05) is 37.3 Å². The molecule has 0 radical (unpaired) electrons. The number of morpholine rings is 1. The van der Waals surface area contributed by atoms with E-state index in [1.807, 2.05) is 0 Å². The summed E-state index contributed by atoms with van der Waals surface area (Å²) in [4.78, 5) is 1.68. The van der Waals surface area contributed by atoms with Crippen molar-refractivity contribution in [3.05, 3.63) is 0 Å². The highest BCUT2D eigenvalue weighted by atomic mass is 32.2. The molecule has 118 valence electrons. The van der Waals surface area contributed by atoms with E-state index in [0.717, 1.165) is 40.8 Å². The number of nitrogens with one attached hydrogen (secondary N) is 2.